The van der Waals surface area contributed by atoms with E-state index in [-0.39, 0.29) is 0 Å². The number of hydrogen-bond acceptors (Lipinski definition) is 2. The first-order chi connectivity index (χ1) is 12.4. The normalized spacial score (nSPS) is 18.8. The lowest BCUT2D eigenvalue weighted by molar-refractivity contribution is 1.31. The van der Waals surface area contributed by atoms with Crippen molar-refractivity contribution in [2.24, 2.45) is 0 Å². The molecule has 2 aromatic rings. The van der Waals surface area contributed by atoms with Crippen LogP contribution in [-0.4, -0.2) is 18.7 Å². The van der Waals surface area contributed by atoms with Crippen molar-refractivity contribution in [2.75, 3.05) is 18.2 Å². The van der Waals surface area contributed by atoms with Crippen molar-refractivity contribution in [3.05, 3.63) is 87.9 Å². The average molecular weight is 363 g/mol. The van der Waals surface area contributed by atoms with Crippen LogP contribution in [0.1, 0.15) is 23.6 Å². The van der Waals surface area contributed by atoms with E-state index in [0.29, 0.717) is 0 Å². The van der Waals surface area contributed by atoms with Gasteiger partial charge in [-0.25, -0.2) is 0 Å². The molecule has 2 nitrogen and oxygen atoms in total. The van der Waals surface area contributed by atoms with Gasteiger partial charge in [0, 0.05) is 21.7 Å². The topological polar surface area (TPSA) is 49.9 Å². The fourth-order valence-corrected chi connectivity index (χ4v) is 6.16. The molecule has 0 saturated heterocycles. The van der Waals surface area contributed by atoms with E-state index in [1.807, 2.05) is 19.1 Å². The van der Waals surface area contributed by atoms with Crippen LogP contribution in [0.3, 0.4) is 0 Å². The Morgan fingerprint density at radius 2 is 1.77 bits per heavy atom. The van der Waals surface area contributed by atoms with Crippen LogP contribution in [0.25, 0.3) is 5.57 Å². The number of allylic oxidation sites excluding steroid dienone is 4. The van der Waals surface area contributed by atoms with Crippen LogP contribution in [0.15, 0.2) is 76.1 Å². The van der Waals surface area contributed by atoms with Crippen LogP contribution in [0.5, 0.6) is 0 Å². The van der Waals surface area contributed by atoms with E-state index in [4.69, 9.17) is 11.1 Å². The summed E-state index contributed by atoms with van der Waals surface area (Å²) in [6.45, 7) is 4.20. The molecule has 0 saturated carbocycles. The summed E-state index contributed by atoms with van der Waals surface area (Å²) in [4.78, 5) is 2.51. The maximum Gasteiger partial charge on any atom is 0.0325 e. The number of aryl methyl sites for hydroxylation is 1. The highest BCUT2D eigenvalue weighted by Gasteiger charge is 2.33. The lowest BCUT2D eigenvalue weighted by Crippen LogP contribution is -2.14. The highest BCUT2D eigenvalue weighted by molar-refractivity contribution is 8.36. The summed E-state index contributed by atoms with van der Waals surface area (Å²) < 4.78 is 0. The summed E-state index contributed by atoms with van der Waals surface area (Å²) in [7, 11) is -1.27. The van der Waals surface area contributed by atoms with Gasteiger partial charge in [-0.3, -0.25) is 0 Å². The van der Waals surface area contributed by atoms with Crippen LogP contribution in [0.2, 0.25) is 0 Å². The molecular weight excluding hydrogens is 336 g/mol. The maximum absolute atomic E-state index is 7.72. The van der Waals surface area contributed by atoms with E-state index in [9.17, 15) is 0 Å². The van der Waals surface area contributed by atoms with Gasteiger partial charge in [-0.1, -0.05) is 42.5 Å². The van der Waals surface area contributed by atoms with Gasteiger partial charge in [-0.05, 0) is 72.4 Å². The number of rotatable bonds is 3. The first-order valence-electron chi connectivity index (χ1n) is 8.69. The van der Waals surface area contributed by atoms with Gasteiger partial charge in [0.05, 0.1) is 0 Å². The second-order valence-electron chi connectivity index (χ2n) is 6.88. The Kier molecular flexibility index (Phi) is 4.92. The molecule has 0 amide bonds. The Labute approximate surface area is 158 Å². The van der Waals surface area contributed by atoms with Crippen LogP contribution < -0.4 is 5.73 Å². The molecule has 1 aliphatic heterocycles. The van der Waals surface area contributed by atoms with Crippen molar-refractivity contribution in [3.63, 3.8) is 0 Å². The predicted molar refractivity (Wildman–Crippen MR) is 117 cm³/mol. The Balaban J connectivity index is 2.50. The van der Waals surface area contributed by atoms with Gasteiger partial charge in [0.1, 0.15) is 0 Å². The minimum Gasteiger partial charge on any atom is -0.399 e. The molecule has 0 unspecified atom stereocenters. The molecule has 0 aromatic heterocycles. The summed E-state index contributed by atoms with van der Waals surface area (Å²) >= 11 is 0. The van der Waals surface area contributed by atoms with Gasteiger partial charge in [0.15, 0.2) is 0 Å². The van der Waals surface area contributed by atoms with E-state index in [2.05, 4.69) is 68.0 Å². The molecule has 0 spiro atoms. The van der Waals surface area contributed by atoms with Crippen molar-refractivity contribution >= 4 is 27.5 Å². The Hall–Kier alpha value is -2.52. The standard InChI is InChI=1S/C23H26N2S/c1-5-8-19-21(13-14-24)26(3,4)22-15-17(25)11-12-20(22)23(19)18-10-7-6-9-16(18)2/h5-15,24H,25H2,1-4H3/b8-5-,21-13+,24-14?. The molecule has 26 heavy (non-hydrogen) atoms. The van der Waals surface area contributed by atoms with E-state index in [1.165, 1.54) is 43.9 Å². The zero-order valence-corrected chi connectivity index (χ0v) is 16.7. The number of fused-ring (bicyclic) bond motifs is 1. The van der Waals surface area contributed by atoms with E-state index in [1.54, 1.807) is 0 Å². The Morgan fingerprint density at radius 3 is 2.42 bits per heavy atom. The van der Waals surface area contributed by atoms with Crippen LogP contribution in [0.4, 0.5) is 5.69 Å². The van der Waals surface area contributed by atoms with Gasteiger partial charge in [-0.15, -0.1) is 0 Å². The van der Waals surface area contributed by atoms with Gasteiger partial charge in [-0.2, -0.15) is 10.0 Å². The molecular formula is C23H26N2S. The van der Waals surface area contributed by atoms with Gasteiger partial charge in [0.25, 0.3) is 0 Å². The summed E-state index contributed by atoms with van der Waals surface area (Å²) in [5, 5.41) is 7.72. The van der Waals surface area contributed by atoms with Gasteiger partial charge < -0.3 is 11.1 Å². The monoisotopic (exact) mass is 362 g/mol. The van der Waals surface area contributed by atoms with Gasteiger partial charge >= 0.3 is 0 Å². The quantitative estimate of drug-likeness (QED) is 0.516. The van der Waals surface area contributed by atoms with Gasteiger partial charge in [0.2, 0.25) is 0 Å². The van der Waals surface area contributed by atoms with Crippen molar-refractivity contribution < 1.29 is 0 Å². The largest absolute Gasteiger partial charge is 0.399 e. The number of nitrogens with one attached hydrogen (secondary N) is 1. The average Bonchev–Trinajstić information content (AvgIpc) is 2.60. The molecule has 3 heteroatoms. The fraction of sp³-hybridized carbons (Fsp3) is 0.174. The second-order valence-corrected chi connectivity index (χ2v) is 10.4. The van der Waals surface area contributed by atoms with E-state index >= 15 is 0 Å². The Bertz CT molecular complexity index is 962. The molecule has 2 aromatic carbocycles. The van der Waals surface area contributed by atoms with Crippen molar-refractivity contribution in [2.45, 2.75) is 18.7 Å². The predicted octanol–water partition coefficient (Wildman–Crippen LogP) is 5.93. The number of nitrogens with two attached hydrogens (primary N) is 1. The summed E-state index contributed by atoms with van der Waals surface area (Å²) in [6, 6.07) is 14.8. The summed E-state index contributed by atoms with van der Waals surface area (Å²) in [5.41, 5.74) is 13.1. The summed E-state index contributed by atoms with van der Waals surface area (Å²) in [5.74, 6) is 0. The molecule has 0 atom stereocenters. The number of hydrogen-bond donors (Lipinski definition) is 2. The third-order valence-corrected chi connectivity index (χ3v) is 7.78. The molecule has 1 aliphatic rings. The maximum atomic E-state index is 7.72. The minimum absolute atomic E-state index is 0.789. The van der Waals surface area contributed by atoms with Crippen LogP contribution in [0, 0.1) is 12.3 Å². The van der Waals surface area contributed by atoms with E-state index < -0.39 is 10.0 Å². The molecule has 3 rings (SSSR count). The lowest BCUT2D eigenvalue weighted by atomic mass is 9.89. The molecule has 0 aliphatic carbocycles. The van der Waals surface area contributed by atoms with E-state index in [0.717, 1.165) is 5.69 Å². The number of nitrogen functional groups attached to an aromatic ring is 1. The second kappa shape index (κ2) is 7.00. The molecule has 0 fully saturated rings. The Morgan fingerprint density at radius 1 is 1.04 bits per heavy atom. The third kappa shape index (κ3) is 2.93. The number of anilines is 1. The summed E-state index contributed by atoms with van der Waals surface area (Å²) in [6.07, 6.45) is 12.2. The first-order valence-corrected chi connectivity index (χ1v) is 11.1. The molecule has 134 valence electrons. The van der Waals surface area contributed by atoms with Crippen molar-refractivity contribution in [3.8, 4) is 0 Å². The highest BCUT2D eigenvalue weighted by atomic mass is 32.3. The highest BCUT2D eigenvalue weighted by Crippen LogP contribution is 2.65. The third-order valence-electron chi connectivity index (χ3n) is 4.89. The van der Waals surface area contributed by atoms with Crippen molar-refractivity contribution in [1.82, 2.24) is 0 Å². The zero-order chi connectivity index (χ0) is 18.9. The number of benzene rings is 2. The molecule has 1 heterocycles. The van der Waals surface area contributed by atoms with Crippen molar-refractivity contribution in [1.29, 1.82) is 5.41 Å². The first kappa shape index (κ1) is 18.3. The smallest absolute Gasteiger partial charge is 0.0325 e. The van der Waals surface area contributed by atoms with Crippen LogP contribution >= 0.6 is 10.0 Å². The SMILES string of the molecule is C/C=C\C1=C(c2ccccc2C)c2ccc(N)cc2S(C)(C)/C1=C/C=N. The molecule has 3 N–H and O–H groups in total. The molecule has 0 bridgehead atoms. The molecule has 0 radical (unpaired) electrons. The van der Waals surface area contributed by atoms with Crippen LogP contribution in [-0.2, 0) is 0 Å². The lowest BCUT2D eigenvalue weighted by Gasteiger charge is -2.42. The zero-order valence-electron chi connectivity index (χ0n) is 15.8. The minimum atomic E-state index is -1.27. The fourth-order valence-electron chi connectivity index (χ4n) is 3.64.